The van der Waals surface area contributed by atoms with Crippen LogP contribution in [0.4, 0.5) is 4.79 Å². The number of alkyl carbamates (subject to hydrolysis) is 1. The van der Waals surface area contributed by atoms with Crippen LogP contribution in [0.25, 0.3) is 11.1 Å². The first-order chi connectivity index (χ1) is 15.6. The summed E-state index contributed by atoms with van der Waals surface area (Å²) >= 11 is 0. The van der Waals surface area contributed by atoms with Gasteiger partial charge in [0.1, 0.15) is 13.2 Å². The Hall–Kier alpha value is -3.70. The van der Waals surface area contributed by atoms with Gasteiger partial charge in [0.05, 0.1) is 0 Å². The van der Waals surface area contributed by atoms with Crippen LogP contribution in [-0.4, -0.2) is 30.3 Å². The molecule has 2 N–H and O–H groups in total. The lowest BCUT2D eigenvalue weighted by molar-refractivity contribution is -0.135. The largest absolute Gasteiger partial charge is 0.480 e. The number of hydrogen-bond donors (Lipinski definition) is 2. The van der Waals surface area contributed by atoms with E-state index in [9.17, 15) is 9.59 Å². The van der Waals surface area contributed by atoms with E-state index in [0.717, 1.165) is 33.4 Å². The van der Waals surface area contributed by atoms with Crippen molar-refractivity contribution in [1.29, 1.82) is 0 Å². The first-order valence-electron chi connectivity index (χ1n) is 11.0. The molecule has 32 heavy (non-hydrogen) atoms. The van der Waals surface area contributed by atoms with Crippen LogP contribution in [0.15, 0.2) is 36.4 Å². The summed E-state index contributed by atoms with van der Waals surface area (Å²) in [6.45, 7) is -0.358. The van der Waals surface area contributed by atoms with Crippen LogP contribution in [0.5, 0.6) is 0 Å². The Morgan fingerprint density at radius 2 is 1.44 bits per heavy atom. The van der Waals surface area contributed by atoms with Crippen molar-refractivity contribution in [2.45, 2.75) is 31.6 Å². The molecule has 2 fully saturated rings. The molecule has 1 amide bonds. The molecular weight excluding hydrogens is 402 g/mol. The van der Waals surface area contributed by atoms with Gasteiger partial charge in [-0.2, -0.15) is 0 Å². The number of rotatable bonds is 4. The molecule has 2 aromatic rings. The molecule has 5 rings (SSSR count). The fourth-order valence-electron chi connectivity index (χ4n) is 3.88. The van der Waals surface area contributed by atoms with Crippen molar-refractivity contribution in [3.05, 3.63) is 58.7 Å². The average molecular weight is 425 g/mol. The maximum Gasteiger partial charge on any atom is 0.407 e. The molecule has 0 atom stereocenters. The van der Waals surface area contributed by atoms with E-state index >= 15 is 0 Å². The van der Waals surface area contributed by atoms with Crippen LogP contribution in [-0.2, 0) is 9.53 Å². The highest BCUT2D eigenvalue weighted by Crippen LogP contribution is 2.45. The molecule has 0 aromatic heterocycles. The van der Waals surface area contributed by atoms with Gasteiger partial charge in [-0.15, -0.1) is 0 Å². The number of carbonyl (C=O) groups excluding carboxylic acids is 1. The molecule has 0 heterocycles. The summed E-state index contributed by atoms with van der Waals surface area (Å²) in [6.07, 6.45) is 3.97. The molecule has 0 unspecified atom stereocenters. The van der Waals surface area contributed by atoms with E-state index in [2.05, 4.69) is 53.3 Å². The number of carboxylic acids is 1. The lowest BCUT2D eigenvalue weighted by atomic mass is 9.95. The minimum atomic E-state index is -1.11. The number of aliphatic carboxylic acids is 1. The van der Waals surface area contributed by atoms with Crippen molar-refractivity contribution < 1.29 is 19.4 Å². The topological polar surface area (TPSA) is 75.6 Å². The molecule has 0 aliphatic heterocycles. The highest BCUT2D eigenvalue weighted by atomic mass is 16.5. The Morgan fingerprint density at radius 3 is 1.91 bits per heavy atom. The molecule has 2 aromatic carbocycles. The van der Waals surface area contributed by atoms with Gasteiger partial charge in [-0.1, -0.05) is 35.8 Å². The predicted molar refractivity (Wildman–Crippen MR) is 120 cm³/mol. The quantitative estimate of drug-likeness (QED) is 0.723. The summed E-state index contributed by atoms with van der Waals surface area (Å²) in [7, 11) is 0. The standard InChI is InChI=1S/C27H23NO4/c29-26(30)15-28-27(31)32-16-25-23-13-19(7-5-17-1-2-17)9-11-21(23)22-12-10-20(14-24(22)25)8-6-18-3-4-18/h9-14,17-18,25H,1-4,15-16H2,(H,28,31)(H,29,30). The fraction of sp³-hybridized carbons (Fsp3) is 0.333. The molecule has 0 saturated heterocycles. The van der Waals surface area contributed by atoms with Crippen molar-refractivity contribution in [3.8, 4) is 34.8 Å². The van der Waals surface area contributed by atoms with Crippen LogP contribution < -0.4 is 5.32 Å². The first-order valence-corrected chi connectivity index (χ1v) is 11.0. The first kappa shape index (κ1) is 20.2. The monoisotopic (exact) mass is 425 g/mol. The summed E-state index contributed by atoms with van der Waals surface area (Å²) in [5.74, 6) is 12.9. The molecule has 5 nitrogen and oxygen atoms in total. The molecule has 0 spiro atoms. The third kappa shape index (κ3) is 4.63. The highest BCUT2D eigenvalue weighted by Gasteiger charge is 2.30. The third-order valence-electron chi connectivity index (χ3n) is 5.91. The van der Waals surface area contributed by atoms with Crippen molar-refractivity contribution in [2.24, 2.45) is 11.8 Å². The van der Waals surface area contributed by atoms with Crippen molar-refractivity contribution in [3.63, 3.8) is 0 Å². The lowest BCUT2D eigenvalue weighted by Gasteiger charge is -2.15. The number of hydrogen-bond acceptors (Lipinski definition) is 3. The fourth-order valence-corrected chi connectivity index (χ4v) is 3.88. The normalized spacial score (nSPS) is 16.0. The van der Waals surface area contributed by atoms with Crippen molar-refractivity contribution >= 4 is 12.1 Å². The van der Waals surface area contributed by atoms with Crippen LogP contribution in [0, 0.1) is 35.5 Å². The Kier molecular flexibility index (Phi) is 5.33. The zero-order chi connectivity index (χ0) is 22.1. The minimum Gasteiger partial charge on any atom is -0.480 e. The van der Waals surface area contributed by atoms with Gasteiger partial charge in [0.15, 0.2) is 0 Å². The Balaban J connectivity index is 1.44. The van der Waals surface area contributed by atoms with Crippen molar-refractivity contribution in [1.82, 2.24) is 5.32 Å². The maximum atomic E-state index is 12.0. The highest BCUT2D eigenvalue weighted by molar-refractivity contribution is 5.81. The SMILES string of the molecule is O=C(O)CNC(=O)OCC1c2cc(C#CC3CC3)ccc2-c2ccc(C#CC3CC3)cc21. The van der Waals surface area contributed by atoms with E-state index in [0.29, 0.717) is 11.8 Å². The van der Waals surface area contributed by atoms with Gasteiger partial charge in [0.25, 0.3) is 0 Å². The van der Waals surface area contributed by atoms with Gasteiger partial charge in [0.2, 0.25) is 0 Å². The van der Waals surface area contributed by atoms with Gasteiger partial charge in [0, 0.05) is 28.9 Å². The average Bonchev–Trinajstić information content (AvgIpc) is 3.71. The number of nitrogens with one attached hydrogen (secondary N) is 1. The second-order valence-electron chi connectivity index (χ2n) is 8.59. The van der Waals surface area contributed by atoms with Crippen LogP contribution in [0.3, 0.4) is 0 Å². The molecule has 0 radical (unpaired) electrons. The number of amides is 1. The van der Waals surface area contributed by atoms with E-state index in [1.165, 1.54) is 25.7 Å². The van der Waals surface area contributed by atoms with Crippen LogP contribution >= 0.6 is 0 Å². The number of benzene rings is 2. The number of carboxylic acid groups (broad SMARTS) is 1. The molecule has 0 bridgehead atoms. The number of ether oxygens (including phenoxy) is 1. The summed E-state index contributed by atoms with van der Waals surface area (Å²) in [5, 5.41) is 11.0. The van der Waals surface area contributed by atoms with Gasteiger partial charge in [-0.3, -0.25) is 4.79 Å². The lowest BCUT2D eigenvalue weighted by Crippen LogP contribution is -2.30. The Morgan fingerprint density at radius 1 is 0.906 bits per heavy atom. The Bertz CT molecular complexity index is 1140. The molecule has 2 saturated carbocycles. The molecule has 3 aliphatic carbocycles. The minimum absolute atomic E-state index is 0.116. The number of carbonyl (C=O) groups is 2. The Labute approximate surface area is 187 Å². The smallest absolute Gasteiger partial charge is 0.407 e. The second-order valence-corrected chi connectivity index (χ2v) is 8.59. The van der Waals surface area contributed by atoms with E-state index in [1.807, 2.05) is 12.1 Å². The predicted octanol–water partition coefficient (Wildman–Crippen LogP) is 4.13. The van der Waals surface area contributed by atoms with E-state index in [4.69, 9.17) is 9.84 Å². The molecular formula is C27H23NO4. The number of fused-ring (bicyclic) bond motifs is 3. The van der Waals surface area contributed by atoms with E-state index in [-0.39, 0.29) is 12.5 Å². The third-order valence-corrected chi connectivity index (χ3v) is 5.91. The van der Waals surface area contributed by atoms with E-state index in [1.54, 1.807) is 0 Å². The van der Waals surface area contributed by atoms with Gasteiger partial charge in [-0.05, 0) is 72.2 Å². The van der Waals surface area contributed by atoms with Gasteiger partial charge in [-0.25, -0.2) is 4.79 Å². The molecule has 3 aliphatic rings. The second kappa shape index (κ2) is 8.44. The van der Waals surface area contributed by atoms with Gasteiger partial charge >= 0.3 is 12.1 Å². The summed E-state index contributed by atoms with van der Waals surface area (Å²) in [5.41, 5.74) is 6.27. The molecule has 5 heteroatoms. The maximum absolute atomic E-state index is 12.0. The summed E-state index contributed by atoms with van der Waals surface area (Å²) < 4.78 is 5.40. The van der Waals surface area contributed by atoms with E-state index < -0.39 is 18.6 Å². The molecule has 160 valence electrons. The zero-order valence-electron chi connectivity index (χ0n) is 17.6. The zero-order valence-corrected chi connectivity index (χ0v) is 17.6. The van der Waals surface area contributed by atoms with Crippen molar-refractivity contribution in [2.75, 3.05) is 13.2 Å². The van der Waals surface area contributed by atoms with Crippen LogP contribution in [0.1, 0.15) is 53.9 Å². The summed E-state index contributed by atoms with van der Waals surface area (Å²) in [6, 6.07) is 12.4. The van der Waals surface area contributed by atoms with Crippen LogP contribution in [0.2, 0.25) is 0 Å². The van der Waals surface area contributed by atoms with Gasteiger partial charge < -0.3 is 15.2 Å². The summed E-state index contributed by atoms with van der Waals surface area (Å²) in [4.78, 5) is 22.7.